The first-order valence-corrected chi connectivity index (χ1v) is 12.0. The second-order valence-electron chi connectivity index (χ2n) is 8.60. The van der Waals surface area contributed by atoms with Crippen LogP contribution in [0.4, 0.5) is 5.69 Å². The number of benzene rings is 4. The molecule has 1 atom stereocenters. The largest absolute Gasteiger partial charge is 0.484 e. The lowest BCUT2D eigenvalue weighted by Crippen LogP contribution is -2.20. The van der Waals surface area contributed by atoms with Crippen LogP contribution in [0.25, 0.3) is 33.3 Å². The number of nitrogens with one attached hydrogen (secondary N) is 1. The summed E-state index contributed by atoms with van der Waals surface area (Å²) in [6.07, 6.45) is 1.06. The van der Waals surface area contributed by atoms with Crippen LogP contribution in [-0.4, -0.2) is 17.5 Å². The van der Waals surface area contributed by atoms with Crippen molar-refractivity contribution in [1.82, 2.24) is 4.98 Å². The van der Waals surface area contributed by atoms with E-state index >= 15 is 0 Å². The van der Waals surface area contributed by atoms with E-state index in [9.17, 15) is 4.79 Å². The van der Waals surface area contributed by atoms with Gasteiger partial charge in [-0.05, 0) is 71.1 Å². The lowest BCUT2D eigenvalue weighted by molar-refractivity contribution is -0.118. The topological polar surface area (TPSA) is 64.4 Å². The maximum atomic E-state index is 12.6. The minimum atomic E-state index is -0.312. The number of hydrogen-bond acceptors (Lipinski definition) is 4. The van der Waals surface area contributed by atoms with Gasteiger partial charge in [-0.15, -0.1) is 0 Å². The van der Waals surface area contributed by atoms with Crippen molar-refractivity contribution in [2.75, 3.05) is 11.9 Å². The molecule has 0 aliphatic heterocycles. The Labute approximate surface area is 208 Å². The molecule has 176 valence electrons. The van der Waals surface area contributed by atoms with Gasteiger partial charge >= 0.3 is 0 Å². The maximum Gasteiger partial charge on any atom is 0.262 e. The Morgan fingerprint density at radius 2 is 1.86 bits per heavy atom. The van der Waals surface area contributed by atoms with Gasteiger partial charge in [0.25, 0.3) is 5.91 Å². The van der Waals surface area contributed by atoms with E-state index in [1.54, 1.807) is 12.1 Å². The van der Waals surface area contributed by atoms with Gasteiger partial charge in [-0.3, -0.25) is 4.79 Å². The first-order valence-electron chi connectivity index (χ1n) is 11.6. The van der Waals surface area contributed by atoms with Crippen LogP contribution in [0.1, 0.15) is 31.7 Å². The third-order valence-corrected chi connectivity index (χ3v) is 6.50. The lowest BCUT2D eigenvalue weighted by Gasteiger charge is -2.10. The number of oxazole rings is 1. The van der Waals surface area contributed by atoms with Crippen molar-refractivity contribution in [2.24, 2.45) is 0 Å². The third-order valence-electron chi connectivity index (χ3n) is 6.17. The van der Waals surface area contributed by atoms with Crippen molar-refractivity contribution in [1.29, 1.82) is 0 Å². The van der Waals surface area contributed by atoms with Crippen LogP contribution >= 0.6 is 11.6 Å². The molecule has 0 saturated carbocycles. The molecule has 0 aliphatic carbocycles. The lowest BCUT2D eigenvalue weighted by atomic mass is 9.98. The predicted octanol–water partition coefficient (Wildman–Crippen LogP) is 7.83. The van der Waals surface area contributed by atoms with E-state index in [0.29, 0.717) is 28.3 Å². The van der Waals surface area contributed by atoms with Gasteiger partial charge in [-0.1, -0.05) is 61.8 Å². The van der Waals surface area contributed by atoms with Gasteiger partial charge in [-0.25, -0.2) is 4.98 Å². The molecule has 0 bridgehead atoms. The molecule has 35 heavy (non-hydrogen) atoms. The molecule has 6 heteroatoms. The molecule has 0 unspecified atom stereocenters. The van der Waals surface area contributed by atoms with E-state index < -0.39 is 0 Å². The highest BCUT2D eigenvalue weighted by Gasteiger charge is 2.14. The highest BCUT2D eigenvalue weighted by molar-refractivity contribution is 6.33. The number of carbonyl (C=O) groups excluding carboxylic acids is 1. The molecular formula is C29H25ClN2O3. The van der Waals surface area contributed by atoms with Gasteiger partial charge in [-0.2, -0.15) is 0 Å². The van der Waals surface area contributed by atoms with Gasteiger partial charge in [0, 0.05) is 5.56 Å². The molecule has 1 N–H and O–H groups in total. The summed E-state index contributed by atoms with van der Waals surface area (Å²) >= 11 is 6.35. The molecule has 0 fully saturated rings. The fourth-order valence-corrected chi connectivity index (χ4v) is 4.12. The number of nitrogens with zero attached hydrogens (tertiary/aromatic N) is 1. The Kier molecular flexibility index (Phi) is 6.43. The molecule has 5 nitrogen and oxygen atoms in total. The smallest absolute Gasteiger partial charge is 0.262 e. The summed E-state index contributed by atoms with van der Waals surface area (Å²) in [7, 11) is 0. The van der Waals surface area contributed by atoms with E-state index in [4.69, 9.17) is 20.8 Å². The van der Waals surface area contributed by atoms with Crippen molar-refractivity contribution in [2.45, 2.75) is 26.2 Å². The molecule has 0 radical (unpaired) electrons. The second-order valence-corrected chi connectivity index (χ2v) is 9.00. The fraction of sp³-hybridized carbons (Fsp3) is 0.172. The predicted molar refractivity (Wildman–Crippen MR) is 141 cm³/mol. The number of rotatable bonds is 7. The average Bonchev–Trinajstić information content (AvgIpc) is 3.31. The van der Waals surface area contributed by atoms with Crippen molar-refractivity contribution in [3.8, 4) is 17.2 Å². The van der Waals surface area contributed by atoms with Crippen LogP contribution in [0, 0.1) is 0 Å². The zero-order valence-corrected chi connectivity index (χ0v) is 20.3. The van der Waals surface area contributed by atoms with Gasteiger partial charge in [0.2, 0.25) is 5.89 Å². The summed E-state index contributed by atoms with van der Waals surface area (Å²) in [6.45, 7) is 4.22. The number of anilines is 1. The molecule has 0 saturated heterocycles. The monoisotopic (exact) mass is 484 g/mol. The van der Waals surface area contributed by atoms with Crippen molar-refractivity contribution in [3.63, 3.8) is 0 Å². The Balaban J connectivity index is 1.31. The number of aromatic nitrogens is 1. The van der Waals surface area contributed by atoms with Crippen LogP contribution < -0.4 is 10.1 Å². The summed E-state index contributed by atoms with van der Waals surface area (Å²) in [4.78, 5) is 17.3. The highest BCUT2D eigenvalue weighted by atomic mass is 35.5. The zero-order valence-electron chi connectivity index (χ0n) is 19.5. The average molecular weight is 485 g/mol. The third kappa shape index (κ3) is 5.00. The van der Waals surface area contributed by atoms with Crippen molar-refractivity contribution >= 4 is 45.1 Å². The molecule has 1 aromatic heterocycles. The Morgan fingerprint density at radius 3 is 2.69 bits per heavy atom. The van der Waals surface area contributed by atoms with Crippen molar-refractivity contribution < 1.29 is 13.9 Å². The number of amides is 1. The number of carbonyl (C=O) groups is 1. The number of fused-ring (bicyclic) bond motifs is 2. The van der Waals surface area contributed by atoms with Crippen LogP contribution in [0.15, 0.2) is 83.3 Å². The minimum Gasteiger partial charge on any atom is -0.484 e. The minimum absolute atomic E-state index is 0.139. The molecule has 0 aliphatic rings. The van der Waals surface area contributed by atoms with E-state index in [1.807, 2.05) is 54.6 Å². The van der Waals surface area contributed by atoms with E-state index in [0.717, 1.165) is 33.9 Å². The summed E-state index contributed by atoms with van der Waals surface area (Å²) in [5, 5.41) is 5.41. The summed E-state index contributed by atoms with van der Waals surface area (Å²) in [6, 6.07) is 25.1. The first-order chi connectivity index (χ1) is 17.0. The number of ether oxygens (including phenoxy) is 1. The molecular weight excluding hydrogens is 460 g/mol. The normalized spacial score (nSPS) is 12.1. The van der Waals surface area contributed by atoms with E-state index in [-0.39, 0.29) is 12.5 Å². The number of hydrogen-bond donors (Lipinski definition) is 1. The standard InChI is InChI=1S/C29H25ClN2O3/c1-3-18(2)20-10-13-27-26(15-20)32-29(35-27)22-9-12-24(30)25(16-22)31-28(33)17-34-23-11-8-19-6-4-5-7-21(19)14-23/h4-16,18H,3,17H2,1-2H3,(H,31,33)/t18-/m0/s1. The van der Waals surface area contributed by atoms with Gasteiger partial charge in [0.1, 0.15) is 11.3 Å². The van der Waals surface area contributed by atoms with E-state index in [1.165, 1.54) is 5.56 Å². The summed E-state index contributed by atoms with van der Waals surface area (Å²) < 4.78 is 11.7. The highest BCUT2D eigenvalue weighted by Crippen LogP contribution is 2.32. The van der Waals surface area contributed by atoms with Crippen LogP contribution in [-0.2, 0) is 4.79 Å². The summed E-state index contributed by atoms with van der Waals surface area (Å²) in [5.74, 6) is 1.24. The van der Waals surface area contributed by atoms with Gasteiger partial charge in [0.15, 0.2) is 12.2 Å². The van der Waals surface area contributed by atoms with Gasteiger partial charge < -0.3 is 14.5 Å². The maximum absolute atomic E-state index is 12.6. The Morgan fingerprint density at radius 1 is 1.03 bits per heavy atom. The molecule has 4 aromatic carbocycles. The quantitative estimate of drug-likeness (QED) is 0.255. The van der Waals surface area contributed by atoms with Crippen LogP contribution in [0.2, 0.25) is 5.02 Å². The molecule has 1 heterocycles. The first kappa shape index (κ1) is 22.9. The summed E-state index contributed by atoms with van der Waals surface area (Å²) in [5.41, 5.74) is 3.95. The Hall–Kier alpha value is -3.83. The SMILES string of the molecule is CC[C@H](C)c1ccc2oc(-c3ccc(Cl)c(NC(=O)COc4ccc5ccccc5c4)c3)nc2c1. The van der Waals surface area contributed by atoms with Crippen LogP contribution in [0.5, 0.6) is 5.75 Å². The van der Waals surface area contributed by atoms with Crippen molar-refractivity contribution in [3.05, 3.63) is 89.4 Å². The van der Waals surface area contributed by atoms with Gasteiger partial charge in [0.05, 0.1) is 10.7 Å². The van der Waals surface area contributed by atoms with Crippen LogP contribution in [0.3, 0.4) is 0 Å². The zero-order chi connectivity index (χ0) is 24.4. The Bertz CT molecular complexity index is 1530. The number of halogens is 1. The molecule has 0 spiro atoms. The fourth-order valence-electron chi connectivity index (χ4n) is 3.96. The van der Waals surface area contributed by atoms with E-state index in [2.05, 4.69) is 36.3 Å². The molecule has 5 aromatic rings. The molecule has 5 rings (SSSR count). The second kappa shape index (κ2) is 9.80. The molecule has 1 amide bonds.